The van der Waals surface area contributed by atoms with E-state index in [-0.39, 0.29) is 11.7 Å². The van der Waals surface area contributed by atoms with Crippen molar-refractivity contribution in [1.82, 2.24) is 0 Å². The zero-order valence-corrected chi connectivity index (χ0v) is 11.1. The fraction of sp³-hybridized carbons (Fsp3) is 0.900. The van der Waals surface area contributed by atoms with Crippen LogP contribution in [0.15, 0.2) is 0 Å². The second kappa shape index (κ2) is 6.18. The van der Waals surface area contributed by atoms with Gasteiger partial charge in [-0.25, -0.2) is 0 Å². The van der Waals surface area contributed by atoms with Crippen LogP contribution in [0.4, 0.5) is 0 Å². The lowest BCUT2D eigenvalue weighted by atomic mass is 9.89. The summed E-state index contributed by atoms with van der Waals surface area (Å²) < 4.78 is 10.1. The monoisotopic (exact) mass is 281 g/mol. The van der Waals surface area contributed by atoms with Crippen LogP contribution in [-0.4, -0.2) is 75.1 Å². The lowest BCUT2D eigenvalue weighted by Crippen LogP contribution is -2.63. The molecule has 1 aliphatic rings. The summed E-state index contributed by atoms with van der Waals surface area (Å²) in [5, 5.41) is 45.8. The smallest absolute Gasteiger partial charge is 0.190 e. The Balaban J connectivity index is 2.70. The van der Waals surface area contributed by atoms with Gasteiger partial charge in [0, 0.05) is 0 Å². The second-order valence-electron chi connectivity index (χ2n) is 4.32. The number of hydrogen-bond acceptors (Lipinski definition) is 8. The lowest BCUT2D eigenvalue weighted by molar-refractivity contribution is -0.249. The quantitative estimate of drug-likeness (QED) is 0.315. The minimum absolute atomic E-state index is 0.00196. The van der Waals surface area contributed by atoms with E-state index in [9.17, 15) is 20.4 Å². The Bertz CT molecular complexity index is 304. The predicted molar refractivity (Wildman–Crippen MR) is 65.6 cm³/mol. The summed E-state index contributed by atoms with van der Waals surface area (Å²) in [5.41, 5.74) is -2.19. The highest BCUT2D eigenvalue weighted by molar-refractivity contribution is 8.00. The van der Waals surface area contributed by atoms with E-state index in [1.165, 1.54) is 14.0 Å². The molecule has 5 atom stereocenters. The number of methoxy groups -OCH3 is 1. The Morgan fingerprint density at radius 3 is 2.50 bits per heavy atom. The topological polar surface area (TPSA) is 123 Å². The lowest BCUT2D eigenvalue weighted by Gasteiger charge is -2.46. The Hall–Kier alpha value is -0.380. The Kier molecular flexibility index (Phi) is 5.38. The fourth-order valence-corrected chi connectivity index (χ4v) is 2.67. The molecule has 0 aliphatic carbocycles. The van der Waals surface area contributed by atoms with Crippen molar-refractivity contribution in [3.8, 4) is 0 Å². The predicted octanol–water partition coefficient (Wildman–Crippen LogP) is -1.47. The molecule has 106 valence electrons. The van der Waals surface area contributed by atoms with Crippen molar-refractivity contribution in [2.24, 2.45) is 0 Å². The van der Waals surface area contributed by atoms with Gasteiger partial charge in [0.15, 0.2) is 5.90 Å². The van der Waals surface area contributed by atoms with Gasteiger partial charge in [-0.15, -0.1) is 11.8 Å². The molecule has 8 heteroatoms. The summed E-state index contributed by atoms with van der Waals surface area (Å²) in [6, 6.07) is 0. The molecule has 7 nitrogen and oxygen atoms in total. The van der Waals surface area contributed by atoms with E-state index in [0.717, 1.165) is 11.8 Å². The molecule has 0 radical (unpaired) electrons. The second-order valence-corrected chi connectivity index (χ2v) is 5.41. The van der Waals surface area contributed by atoms with E-state index in [4.69, 9.17) is 10.1 Å². The number of rotatable bonds is 4. The maximum atomic E-state index is 9.77. The first kappa shape index (κ1) is 15.7. The normalized spacial score (nSPS) is 40.6. The molecule has 0 spiro atoms. The molecule has 0 amide bonds. The number of hydrogen-bond donors (Lipinski definition) is 5. The van der Waals surface area contributed by atoms with Crippen molar-refractivity contribution < 1.29 is 29.9 Å². The van der Waals surface area contributed by atoms with Crippen LogP contribution in [0.3, 0.4) is 0 Å². The largest absolute Gasteiger partial charge is 0.484 e. The number of thioether (sulfide) groups is 1. The van der Waals surface area contributed by atoms with Gasteiger partial charge in [-0.1, -0.05) is 0 Å². The third kappa shape index (κ3) is 3.14. The number of nitrogens with one attached hydrogen (secondary N) is 1. The highest BCUT2D eigenvalue weighted by Gasteiger charge is 2.50. The standard InChI is InChI=1S/C10H19NO6S/c1-10(4-12)8(15)6(13)7(14)9(17-10)18-3-5(11)16-2/h6-9,11-15H,3-4H2,1-2H3/t6?,7-,8+,9+,10?/m1/s1. The number of ether oxygens (including phenoxy) is 2. The molecule has 0 aromatic heterocycles. The van der Waals surface area contributed by atoms with E-state index in [2.05, 4.69) is 4.74 Å². The summed E-state index contributed by atoms with van der Waals surface area (Å²) >= 11 is 1.06. The number of aliphatic hydroxyl groups is 4. The molecule has 0 bridgehead atoms. The van der Waals surface area contributed by atoms with Gasteiger partial charge in [0.1, 0.15) is 29.3 Å². The molecule has 0 aromatic carbocycles. The van der Waals surface area contributed by atoms with Crippen LogP contribution in [0.1, 0.15) is 6.92 Å². The van der Waals surface area contributed by atoms with Crippen molar-refractivity contribution in [2.45, 2.75) is 36.3 Å². The Morgan fingerprint density at radius 1 is 1.39 bits per heavy atom. The van der Waals surface area contributed by atoms with Gasteiger partial charge in [0.25, 0.3) is 0 Å². The third-order valence-electron chi connectivity index (χ3n) is 2.90. The van der Waals surface area contributed by atoms with Crippen LogP contribution >= 0.6 is 11.8 Å². The van der Waals surface area contributed by atoms with E-state index < -0.39 is 36.0 Å². The Labute approximate surface area is 109 Å². The van der Waals surface area contributed by atoms with Crippen molar-refractivity contribution >= 4 is 17.7 Å². The average molecular weight is 281 g/mol. The van der Waals surface area contributed by atoms with Crippen LogP contribution in [0.5, 0.6) is 0 Å². The van der Waals surface area contributed by atoms with Crippen LogP contribution in [0.2, 0.25) is 0 Å². The minimum Gasteiger partial charge on any atom is -0.484 e. The molecule has 1 fully saturated rings. The number of aliphatic hydroxyl groups excluding tert-OH is 4. The van der Waals surface area contributed by atoms with Crippen LogP contribution in [-0.2, 0) is 9.47 Å². The van der Waals surface area contributed by atoms with Gasteiger partial charge >= 0.3 is 0 Å². The molecule has 1 rings (SSSR count). The SMILES string of the molecule is COC(=N)CS[C@@H]1OC(C)(CO)[C@@H](O)C(O)[C@H]1O. The molecule has 1 aliphatic heterocycles. The fourth-order valence-electron chi connectivity index (χ4n) is 1.59. The molecule has 2 unspecified atom stereocenters. The van der Waals surface area contributed by atoms with E-state index >= 15 is 0 Å². The Morgan fingerprint density at radius 2 is 2.00 bits per heavy atom. The van der Waals surface area contributed by atoms with E-state index in [0.29, 0.717) is 0 Å². The molecular formula is C10H19NO6S. The van der Waals surface area contributed by atoms with Gasteiger partial charge in [-0.3, -0.25) is 5.41 Å². The summed E-state index contributed by atoms with van der Waals surface area (Å²) in [6.07, 6.45) is -4.09. The molecule has 1 saturated heterocycles. The molecule has 0 aromatic rings. The highest BCUT2D eigenvalue weighted by atomic mass is 32.2. The van der Waals surface area contributed by atoms with Crippen molar-refractivity contribution in [2.75, 3.05) is 19.5 Å². The zero-order chi connectivity index (χ0) is 13.9. The van der Waals surface area contributed by atoms with Gasteiger partial charge in [-0.2, -0.15) is 0 Å². The molecule has 18 heavy (non-hydrogen) atoms. The van der Waals surface area contributed by atoms with Crippen molar-refractivity contribution in [1.29, 1.82) is 5.41 Å². The molecule has 1 heterocycles. The first-order chi connectivity index (χ1) is 8.35. The highest BCUT2D eigenvalue weighted by Crippen LogP contribution is 2.34. The third-order valence-corrected chi connectivity index (χ3v) is 4.03. The average Bonchev–Trinajstić information content (AvgIpc) is 2.38. The molecule has 5 N–H and O–H groups in total. The van der Waals surface area contributed by atoms with E-state index in [1.54, 1.807) is 0 Å². The zero-order valence-electron chi connectivity index (χ0n) is 10.2. The van der Waals surface area contributed by atoms with Crippen LogP contribution in [0, 0.1) is 5.41 Å². The van der Waals surface area contributed by atoms with Gasteiger partial charge < -0.3 is 29.9 Å². The molecule has 0 saturated carbocycles. The van der Waals surface area contributed by atoms with Crippen LogP contribution in [0.25, 0.3) is 0 Å². The van der Waals surface area contributed by atoms with Gasteiger partial charge in [-0.05, 0) is 6.92 Å². The van der Waals surface area contributed by atoms with Crippen molar-refractivity contribution in [3.63, 3.8) is 0 Å². The summed E-state index contributed by atoms with van der Waals surface area (Å²) in [4.78, 5) is 0. The van der Waals surface area contributed by atoms with Crippen LogP contribution < -0.4 is 0 Å². The maximum absolute atomic E-state index is 9.77. The minimum atomic E-state index is -1.41. The first-order valence-corrected chi connectivity index (χ1v) is 6.46. The van der Waals surface area contributed by atoms with Gasteiger partial charge in [0.2, 0.25) is 0 Å². The van der Waals surface area contributed by atoms with Crippen molar-refractivity contribution in [3.05, 3.63) is 0 Å². The summed E-state index contributed by atoms with van der Waals surface area (Å²) in [5.74, 6) is 0.157. The van der Waals surface area contributed by atoms with E-state index in [1.807, 2.05) is 0 Å². The first-order valence-electron chi connectivity index (χ1n) is 5.41. The summed E-state index contributed by atoms with van der Waals surface area (Å²) in [6.45, 7) is 0.957. The maximum Gasteiger partial charge on any atom is 0.190 e. The molecular weight excluding hydrogens is 262 g/mol. The summed E-state index contributed by atoms with van der Waals surface area (Å²) in [7, 11) is 1.36. The van der Waals surface area contributed by atoms with Gasteiger partial charge in [0.05, 0.1) is 19.5 Å².